The molecule has 2 unspecified atom stereocenters. The summed E-state index contributed by atoms with van der Waals surface area (Å²) in [4.78, 5) is 13.1. The molecule has 0 aliphatic carbocycles. The van der Waals surface area contributed by atoms with E-state index >= 15 is 0 Å². The molecule has 0 bridgehead atoms. The van der Waals surface area contributed by atoms with Gasteiger partial charge in [-0.05, 0) is 49.1 Å². The van der Waals surface area contributed by atoms with Crippen LogP contribution in [0.15, 0.2) is 48.5 Å². The maximum Gasteiger partial charge on any atom is 0.320 e. The Balaban J connectivity index is 1.83. The number of nitrogens with zero attached hydrogens (tertiary/aromatic N) is 1. The van der Waals surface area contributed by atoms with E-state index in [0.717, 1.165) is 25.1 Å². The standard InChI is InChI=1S/C21H23FN2O/c1-15-7-2-3-8-16(15)20-21(11-6-12-23-20)14-24(13-19(22)25)18-10-5-4-9-17(18)21/h2-5,7-10,20,23H,6,11-14H2,1H3. The van der Waals surface area contributed by atoms with Crippen molar-refractivity contribution in [3.05, 3.63) is 65.2 Å². The van der Waals surface area contributed by atoms with Crippen molar-refractivity contribution in [1.82, 2.24) is 5.32 Å². The van der Waals surface area contributed by atoms with Crippen LogP contribution in [0.3, 0.4) is 0 Å². The molecule has 4 rings (SSSR count). The fourth-order valence-electron chi connectivity index (χ4n) is 4.74. The Morgan fingerprint density at radius 2 is 2.00 bits per heavy atom. The van der Waals surface area contributed by atoms with Gasteiger partial charge in [-0.2, -0.15) is 4.39 Å². The van der Waals surface area contributed by atoms with E-state index in [4.69, 9.17) is 0 Å². The van der Waals surface area contributed by atoms with E-state index in [1.54, 1.807) is 0 Å². The van der Waals surface area contributed by atoms with Gasteiger partial charge in [-0.15, -0.1) is 0 Å². The lowest BCUT2D eigenvalue weighted by molar-refractivity contribution is -0.127. The monoisotopic (exact) mass is 338 g/mol. The van der Waals surface area contributed by atoms with Crippen molar-refractivity contribution >= 4 is 11.7 Å². The molecule has 0 aromatic heterocycles. The van der Waals surface area contributed by atoms with Gasteiger partial charge >= 0.3 is 6.04 Å². The van der Waals surface area contributed by atoms with E-state index in [1.165, 1.54) is 16.7 Å². The van der Waals surface area contributed by atoms with Gasteiger partial charge in [0.05, 0.1) is 0 Å². The van der Waals surface area contributed by atoms with Gasteiger partial charge in [-0.3, -0.25) is 4.79 Å². The van der Waals surface area contributed by atoms with Gasteiger partial charge in [0.1, 0.15) is 6.54 Å². The summed E-state index contributed by atoms with van der Waals surface area (Å²) >= 11 is 0. The van der Waals surface area contributed by atoms with E-state index in [-0.39, 0.29) is 18.0 Å². The largest absolute Gasteiger partial charge is 0.360 e. The van der Waals surface area contributed by atoms with Crippen LogP contribution in [0.5, 0.6) is 0 Å². The summed E-state index contributed by atoms with van der Waals surface area (Å²) < 4.78 is 13.2. The van der Waals surface area contributed by atoms with Crippen LogP contribution in [-0.2, 0) is 10.2 Å². The number of aryl methyl sites for hydroxylation is 1. The van der Waals surface area contributed by atoms with Gasteiger partial charge in [-0.1, -0.05) is 42.5 Å². The zero-order valence-corrected chi connectivity index (χ0v) is 14.5. The summed E-state index contributed by atoms with van der Waals surface area (Å²) in [5, 5.41) is 3.72. The van der Waals surface area contributed by atoms with Crippen molar-refractivity contribution in [1.29, 1.82) is 0 Å². The first kappa shape index (κ1) is 16.3. The number of benzene rings is 2. The van der Waals surface area contributed by atoms with Crippen LogP contribution < -0.4 is 10.2 Å². The number of anilines is 1. The van der Waals surface area contributed by atoms with Crippen molar-refractivity contribution < 1.29 is 9.18 Å². The van der Waals surface area contributed by atoms with E-state index in [1.807, 2.05) is 23.1 Å². The summed E-state index contributed by atoms with van der Waals surface area (Å²) in [5.41, 5.74) is 4.66. The molecule has 2 aliphatic heterocycles. The van der Waals surface area contributed by atoms with Gasteiger partial charge in [0.15, 0.2) is 0 Å². The third kappa shape index (κ3) is 2.65. The van der Waals surface area contributed by atoms with Crippen molar-refractivity contribution in [2.75, 3.05) is 24.5 Å². The van der Waals surface area contributed by atoms with Crippen LogP contribution in [0.1, 0.15) is 35.6 Å². The zero-order valence-electron chi connectivity index (χ0n) is 14.5. The SMILES string of the molecule is Cc1ccccc1C1NCCCC12CN(CC(=O)F)c1ccccc12. The Bertz CT molecular complexity index is 806. The topological polar surface area (TPSA) is 32.3 Å². The first-order valence-corrected chi connectivity index (χ1v) is 8.93. The minimum absolute atomic E-state index is 0.129. The quantitative estimate of drug-likeness (QED) is 0.867. The van der Waals surface area contributed by atoms with Gasteiger partial charge < -0.3 is 10.2 Å². The van der Waals surface area contributed by atoms with Crippen molar-refractivity contribution in [2.24, 2.45) is 0 Å². The van der Waals surface area contributed by atoms with Crippen LogP contribution in [0.4, 0.5) is 10.1 Å². The van der Waals surface area contributed by atoms with Crippen LogP contribution >= 0.6 is 0 Å². The first-order valence-electron chi connectivity index (χ1n) is 8.93. The van der Waals surface area contributed by atoms with E-state index in [0.29, 0.717) is 6.54 Å². The molecule has 0 amide bonds. The number of para-hydroxylation sites is 1. The maximum absolute atomic E-state index is 13.2. The average molecular weight is 338 g/mol. The highest BCUT2D eigenvalue weighted by Crippen LogP contribution is 2.52. The Morgan fingerprint density at radius 3 is 2.80 bits per heavy atom. The lowest BCUT2D eigenvalue weighted by Gasteiger charge is -2.43. The average Bonchev–Trinajstić information content (AvgIpc) is 2.90. The number of rotatable bonds is 3. The lowest BCUT2D eigenvalue weighted by Crippen LogP contribution is -2.49. The number of hydrogen-bond donors (Lipinski definition) is 1. The van der Waals surface area contributed by atoms with Crippen molar-refractivity contribution in [3.8, 4) is 0 Å². The van der Waals surface area contributed by atoms with E-state index in [2.05, 4.69) is 42.6 Å². The molecule has 1 saturated heterocycles. The first-order chi connectivity index (χ1) is 12.1. The Hall–Kier alpha value is -2.20. The molecule has 1 N–H and O–H groups in total. The van der Waals surface area contributed by atoms with Gasteiger partial charge in [-0.25, -0.2) is 0 Å². The van der Waals surface area contributed by atoms with Gasteiger partial charge in [0.25, 0.3) is 0 Å². The number of hydrogen-bond acceptors (Lipinski definition) is 3. The maximum atomic E-state index is 13.2. The molecular formula is C21H23FN2O. The second-order valence-corrected chi connectivity index (χ2v) is 7.23. The number of halogens is 1. The summed E-state index contributed by atoms with van der Waals surface area (Å²) in [6.07, 6.45) is 2.11. The fourth-order valence-corrected chi connectivity index (χ4v) is 4.74. The molecule has 1 spiro atoms. The van der Waals surface area contributed by atoms with E-state index in [9.17, 15) is 9.18 Å². The zero-order chi connectivity index (χ0) is 17.4. The molecule has 0 radical (unpaired) electrons. The Kier molecular flexibility index (Phi) is 4.08. The molecule has 0 saturated carbocycles. The summed E-state index contributed by atoms with van der Waals surface area (Å²) in [6.45, 7) is 3.63. The summed E-state index contributed by atoms with van der Waals surface area (Å²) in [5.74, 6) is 0. The second-order valence-electron chi connectivity index (χ2n) is 7.23. The molecule has 2 heterocycles. The van der Waals surface area contributed by atoms with Crippen molar-refractivity contribution in [3.63, 3.8) is 0 Å². The molecule has 1 fully saturated rings. The summed E-state index contributed by atoms with van der Waals surface area (Å²) in [6, 6.07) is 15.5. The van der Waals surface area contributed by atoms with Crippen LogP contribution in [-0.4, -0.2) is 25.7 Å². The summed E-state index contributed by atoms with van der Waals surface area (Å²) in [7, 11) is 0. The molecule has 25 heavy (non-hydrogen) atoms. The third-order valence-electron chi connectivity index (χ3n) is 5.77. The number of carbonyl (C=O) groups is 1. The predicted molar refractivity (Wildman–Crippen MR) is 97.6 cm³/mol. The predicted octanol–water partition coefficient (Wildman–Crippen LogP) is 3.67. The number of carbonyl (C=O) groups excluding carboxylic acids is 1. The Morgan fingerprint density at radius 1 is 1.24 bits per heavy atom. The minimum atomic E-state index is -1.27. The lowest BCUT2D eigenvalue weighted by atomic mass is 9.67. The highest BCUT2D eigenvalue weighted by atomic mass is 19.1. The molecule has 2 atom stereocenters. The highest BCUT2D eigenvalue weighted by Gasteiger charge is 2.50. The van der Waals surface area contributed by atoms with E-state index < -0.39 is 6.04 Å². The molecule has 2 aromatic rings. The number of fused-ring (bicyclic) bond motifs is 2. The van der Waals surface area contributed by atoms with Gasteiger partial charge in [0, 0.05) is 23.7 Å². The van der Waals surface area contributed by atoms with Crippen molar-refractivity contribution in [2.45, 2.75) is 31.2 Å². The Labute approximate surface area is 147 Å². The van der Waals surface area contributed by atoms with Gasteiger partial charge in [0.2, 0.25) is 0 Å². The second kappa shape index (κ2) is 6.26. The van der Waals surface area contributed by atoms with Crippen LogP contribution in [0, 0.1) is 6.92 Å². The molecule has 2 aliphatic rings. The number of nitrogens with one attached hydrogen (secondary N) is 1. The molecule has 4 heteroatoms. The normalized spacial score (nSPS) is 25.2. The smallest absolute Gasteiger partial charge is 0.320 e. The highest BCUT2D eigenvalue weighted by molar-refractivity contribution is 5.77. The number of piperidine rings is 1. The minimum Gasteiger partial charge on any atom is -0.360 e. The van der Waals surface area contributed by atoms with Crippen LogP contribution in [0.25, 0.3) is 0 Å². The molecule has 130 valence electrons. The fraction of sp³-hybridized carbons (Fsp3) is 0.381. The molecule has 3 nitrogen and oxygen atoms in total. The molecule has 2 aromatic carbocycles. The van der Waals surface area contributed by atoms with Crippen LogP contribution in [0.2, 0.25) is 0 Å². The third-order valence-corrected chi connectivity index (χ3v) is 5.77. The molecular weight excluding hydrogens is 315 g/mol.